The topological polar surface area (TPSA) is 52.6 Å². The first-order chi connectivity index (χ1) is 7.54. The lowest BCUT2D eigenvalue weighted by Gasteiger charge is -2.23. The molecule has 2 rings (SSSR count). The van der Waals surface area contributed by atoms with Crippen molar-refractivity contribution < 1.29 is 19.1 Å². The third kappa shape index (κ3) is 1.78. The summed E-state index contributed by atoms with van der Waals surface area (Å²) >= 11 is 0. The maximum absolute atomic E-state index is 11.8. The van der Waals surface area contributed by atoms with E-state index in [1.165, 1.54) is 5.57 Å². The third-order valence-corrected chi connectivity index (χ3v) is 3.12. The molecule has 2 atom stereocenters. The Morgan fingerprint density at radius 3 is 2.94 bits per heavy atom. The number of esters is 1. The zero-order valence-electron chi connectivity index (χ0n) is 9.62. The van der Waals surface area contributed by atoms with Crippen LogP contribution in [0.15, 0.2) is 11.6 Å². The van der Waals surface area contributed by atoms with Gasteiger partial charge in [0.05, 0.1) is 6.42 Å². The summed E-state index contributed by atoms with van der Waals surface area (Å²) in [6, 6.07) is 0. The van der Waals surface area contributed by atoms with Gasteiger partial charge in [0.2, 0.25) is 5.78 Å². The predicted octanol–water partition coefficient (Wildman–Crippen LogP) is 1.39. The lowest BCUT2D eigenvalue weighted by atomic mass is 9.89. The molecule has 0 aromatic carbocycles. The Balaban J connectivity index is 2.10. The minimum absolute atomic E-state index is 0.0762. The first-order valence-electron chi connectivity index (χ1n) is 5.55. The van der Waals surface area contributed by atoms with Crippen LogP contribution in [0, 0.1) is 0 Å². The smallest absolute Gasteiger partial charge is 0.309 e. The van der Waals surface area contributed by atoms with Gasteiger partial charge in [-0.05, 0) is 20.3 Å². The minimum atomic E-state index is -0.983. The monoisotopic (exact) mass is 224 g/mol. The zero-order valence-corrected chi connectivity index (χ0v) is 9.62. The second kappa shape index (κ2) is 4.01. The van der Waals surface area contributed by atoms with Crippen molar-refractivity contribution in [1.29, 1.82) is 0 Å². The van der Waals surface area contributed by atoms with E-state index in [4.69, 9.17) is 9.47 Å². The van der Waals surface area contributed by atoms with Gasteiger partial charge < -0.3 is 9.47 Å². The normalized spacial score (nSPS) is 32.5. The molecule has 2 aliphatic rings. The molecule has 0 bridgehead atoms. The van der Waals surface area contributed by atoms with Gasteiger partial charge in [-0.3, -0.25) is 9.59 Å². The standard InChI is InChI=1S/C12H16O4/c1-8(2)4-3-5-12-9(13)7-15-10(12)6-11(14)16-12/h4,10H,3,5-7H2,1-2H3/t10-,12-/m1/s1. The van der Waals surface area contributed by atoms with Gasteiger partial charge in [0.15, 0.2) is 5.60 Å². The molecule has 16 heavy (non-hydrogen) atoms. The van der Waals surface area contributed by atoms with Crippen LogP contribution in [0.4, 0.5) is 0 Å². The number of hydrogen-bond acceptors (Lipinski definition) is 4. The molecule has 0 aromatic heterocycles. The summed E-state index contributed by atoms with van der Waals surface area (Å²) in [5, 5.41) is 0. The number of allylic oxidation sites excluding steroid dienone is 2. The van der Waals surface area contributed by atoms with Gasteiger partial charge in [-0.2, -0.15) is 0 Å². The summed E-state index contributed by atoms with van der Waals surface area (Å²) in [7, 11) is 0. The molecule has 4 heteroatoms. The van der Waals surface area contributed by atoms with Crippen LogP contribution in [0.3, 0.4) is 0 Å². The average Bonchev–Trinajstić information content (AvgIpc) is 2.64. The van der Waals surface area contributed by atoms with Crippen molar-refractivity contribution in [2.75, 3.05) is 6.61 Å². The zero-order chi connectivity index (χ0) is 11.8. The summed E-state index contributed by atoms with van der Waals surface area (Å²) in [4.78, 5) is 23.0. The van der Waals surface area contributed by atoms with Gasteiger partial charge in [0.25, 0.3) is 0 Å². The minimum Gasteiger partial charge on any atom is -0.448 e. The van der Waals surface area contributed by atoms with Crippen LogP contribution in [-0.2, 0) is 19.1 Å². The predicted molar refractivity (Wildman–Crippen MR) is 56.9 cm³/mol. The fraction of sp³-hybridized carbons (Fsp3) is 0.667. The molecule has 0 saturated carbocycles. The van der Waals surface area contributed by atoms with Crippen molar-refractivity contribution in [3.8, 4) is 0 Å². The highest BCUT2D eigenvalue weighted by atomic mass is 16.6. The highest BCUT2D eigenvalue weighted by molar-refractivity contribution is 5.96. The van der Waals surface area contributed by atoms with Crippen molar-refractivity contribution in [1.82, 2.24) is 0 Å². The van der Waals surface area contributed by atoms with E-state index in [0.717, 1.165) is 6.42 Å². The molecule has 0 aromatic rings. The molecular weight excluding hydrogens is 208 g/mol. The molecule has 0 amide bonds. The fourth-order valence-electron chi connectivity index (χ4n) is 2.28. The van der Waals surface area contributed by atoms with Gasteiger partial charge >= 0.3 is 5.97 Å². The van der Waals surface area contributed by atoms with E-state index in [0.29, 0.717) is 6.42 Å². The number of carbonyl (C=O) groups is 2. The number of ketones is 1. The molecule has 2 aliphatic heterocycles. The van der Waals surface area contributed by atoms with Crippen molar-refractivity contribution in [2.45, 2.75) is 44.8 Å². The molecule has 2 heterocycles. The molecule has 0 unspecified atom stereocenters. The van der Waals surface area contributed by atoms with Gasteiger partial charge in [0, 0.05) is 6.42 Å². The second-order valence-electron chi connectivity index (χ2n) is 4.61. The number of Topliss-reactive ketones (excluding diaryl/α,β-unsaturated/α-hetero) is 1. The van der Waals surface area contributed by atoms with E-state index in [9.17, 15) is 9.59 Å². The van der Waals surface area contributed by atoms with Gasteiger partial charge in [-0.1, -0.05) is 11.6 Å². The Morgan fingerprint density at radius 1 is 1.50 bits per heavy atom. The number of hydrogen-bond donors (Lipinski definition) is 0. The van der Waals surface area contributed by atoms with Crippen LogP contribution < -0.4 is 0 Å². The summed E-state index contributed by atoms with van der Waals surface area (Å²) < 4.78 is 10.5. The third-order valence-electron chi connectivity index (χ3n) is 3.12. The quantitative estimate of drug-likeness (QED) is 0.537. The molecule has 4 nitrogen and oxygen atoms in total. The summed E-state index contributed by atoms with van der Waals surface area (Å²) in [5.41, 5.74) is 0.215. The van der Waals surface area contributed by atoms with Gasteiger partial charge in [-0.25, -0.2) is 0 Å². The fourth-order valence-corrected chi connectivity index (χ4v) is 2.28. The van der Waals surface area contributed by atoms with Crippen molar-refractivity contribution in [2.24, 2.45) is 0 Å². The maximum atomic E-state index is 11.8. The van der Waals surface area contributed by atoms with E-state index >= 15 is 0 Å². The lowest BCUT2D eigenvalue weighted by molar-refractivity contribution is -0.156. The van der Waals surface area contributed by atoms with Gasteiger partial charge in [-0.15, -0.1) is 0 Å². The number of fused-ring (bicyclic) bond motifs is 1. The first-order valence-corrected chi connectivity index (χ1v) is 5.55. The van der Waals surface area contributed by atoms with Crippen LogP contribution in [-0.4, -0.2) is 30.1 Å². The van der Waals surface area contributed by atoms with Crippen LogP contribution >= 0.6 is 0 Å². The second-order valence-corrected chi connectivity index (χ2v) is 4.61. The average molecular weight is 224 g/mol. The Labute approximate surface area is 94.6 Å². The van der Waals surface area contributed by atoms with Gasteiger partial charge in [0.1, 0.15) is 12.7 Å². The molecule has 88 valence electrons. The van der Waals surface area contributed by atoms with Crippen molar-refractivity contribution in [3.05, 3.63) is 11.6 Å². The number of ether oxygens (including phenoxy) is 2. The molecule has 2 fully saturated rings. The van der Waals surface area contributed by atoms with Crippen molar-refractivity contribution in [3.63, 3.8) is 0 Å². The molecule has 0 N–H and O–H groups in total. The summed E-state index contributed by atoms with van der Waals surface area (Å²) in [5.74, 6) is -0.416. The Kier molecular flexibility index (Phi) is 2.84. The first kappa shape index (κ1) is 11.3. The Morgan fingerprint density at radius 2 is 2.25 bits per heavy atom. The maximum Gasteiger partial charge on any atom is 0.309 e. The molecule has 0 spiro atoms. The molecule has 2 saturated heterocycles. The summed E-state index contributed by atoms with van der Waals surface area (Å²) in [6.07, 6.45) is 3.16. The highest BCUT2D eigenvalue weighted by Crippen LogP contribution is 2.39. The lowest BCUT2D eigenvalue weighted by Crippen LogP contribution is -2.42. The van der Waals surface area contributed by atoms with E-state index in [1.807, 2.05) is 19.9 Å². The summed E-state index contributed by atoms with van der Waals surface area (Å²) in [6.45, 7) is 4.08. The Bertz CT molecular complexity index is 354. The molecule has 0 aliphatic carbocycles. The van der Waals surface area contributed by atoms with E-state index < -0.39 is 5.60 Å². The SMILES string of the molecule is CC(C)=CCC[C@]12OC(=O)C[C@H]1OCC2=O. The van der Waals surface area contributed by atoms with Crippen LogP contribution in [0.25, 0.3) is 0 Å². The van der Waals surface area contributed by atoms with E-state index in [2.05, 4.69) is 0 Å². The molecular formula is C12H16O4. The number of rotatable bonds is 3. The number of carbonyl (C=O) groups excluding carboxylic acids is 2. The highest BCUT2D eigenvalue weighted by Gasteiger charge is 2.58. The van der Waals surface area contributed by atoms with Crippen LogP contribution in [0.5, 0.6) is 0 Å². The molecule has 0 radical (unpaired) electrons. The largest absolute Gasteiger partial charge is 0.448 e. The van der Waals surface area contributed by atoms with E-state index in [1.54, 1.807) is 0 Å². The Hall–Kier alpha value is -1.16. The van der Waals surface area contributed by atoms with Crippen molar-refractivity contribution >= 4 is 11.8 Å². The van der Waals surface area contributed by atoms with E-state index in [-0.39, 0.29) is 30.9 Å². The van der Waals surface area contributed by atoms with Crippen LogP contribution in [0.1, 0.15) is 33.1 Å². The van der Waals surface area contributed by atoms with Crippen LogP contribution in [0.2, 0.25) is 0 Å².